The number of carbonyl (C=O) groups is 1. The quantitative estimate of drug-likeness (QED) is 0.845. The van der Waals surface area contributed by atoms with Crippen molar-refractivity contribution in [1.82, 2.24) is 0 Å². The molecule has 1 aromatic rings. The van der Waals surface area contributed by atoms with Gasteiger partial charge in [0.15, 0.2) is 11.4 Å². The van der Waals surface area contributed by atoms with Crippen LogP contribution in [0.2, 0.25) is 0 Å². The lowest BCUT2D eigenvalue weighted by Crippen LogP contribution is -2.33. The Labute approximate surface area is 130 Å². The fourth-order valence-electron chi connectivity index (χ4n) is 1.89. The van der Waals surface area contributed by atoms with E-state index < -0.39 is 18.0 Å². The lowest BCUT2D eigenvalue weighted by Gasteiger charge is -2.26. The van der Waals surface area contributed by atoms with E-state index in [0.29, 0.717) is 18.8 Å². The van der Waals surface area contributed by atoms with Gasteiger partial charge in [0.2, 0.25) is 0 Å². The molecule has 3 nitrogen and oxygen atoms in total. The van der Waals surface area contributed by atoms with E-state index in [1.807, 2.05) is 0 Å². The van der Waals surface area contributed by atoms with Crippen molar-refractivity contribution < 1.29 is 27.4 Å². The zero-order valence-electron chi connectivity index (χ0n) is 11.8. The Morgan fingerprint density at radius 2 is 1.82 bits per heavy atom. The molecule has 1 aliphatic rings. The van der Waals surface area contributed by atoms with Gasteiger partial charge in [0.05, 0.1) is 24.0 Å². The van der Waals surface area contributed by atoms with Crippen molar-refractivity contribution >= 4 is 23.0 Å². The summed E-state index contributed by atoms with van der Waals surface area (Å²) in [6.45, 7) is 2.28. The van der Waals surface area contributed by atoms with Crippen LogP contribution in [-0.2, 0) is 20.4 Å². The molecule has 0 aromatic heterocycles. The third-order valence-electron chi connectivity index (χ3n) is 2.91. The van der Waals surface area contributed by atoms with Crippen LogP contribution in [0, 0.1) is 0 Å². The van der Waals surface area contributed by atoms with Gasteiger partial charge in [-0.05, 0) is 23.8 Å². The molecule has 0 N–H and O–H groups in total. The van der Waals surface area contributed by atoms with Gasteiger partial charge in [0.1, 0.15) is 0 Å². The molecule has 1 aliphatic heterocycles. The Hall–Kier alpha value is -1.31. The number of thioether (sulfide) groups is 1. The van der Waals surface area contributed by atoms with Crippen LogP contribution >= 0.6 is 11.8 Å². The van der Waals surface area contributed by atoms with Gasteiger partial charge in [0.25, 0.3) is 0 Å². The first kappa shape index (κ1) is 17.1. The molecule has 0 spiro atoms. The first-order valence-electron chi connectivity index (χ1n) is 6.60. The SMILES string of the molecule is CC(=O)S[C@H]1CO[C@H](/C=C/c2ccc(C(F)(F)F)cc2)OC1. The highest BCUT2D eigenvalue weighted by atomic mass is 32.2. The lowest BCUT2D eigenvalue weighted by molar-refractivity contribution is -0.146. The zero-order valence-corrected chi connectivity index (χ0v) is 12.6. The van der Waals surface area contributed by atoms with Crippen molar-refractivity contribution in [3.63, 3.8) is 0 Å². The minimum atomic E-state index is -4.33. The van der Waals surface area contributed by atoms with Crippen LogP contribution in [0.4, 0.5) is 13.2 Å². The van der Waals surface area contributed by atoms with Gasteiger partial charge in [-0.15, -0.1) is 0 Å². The highest BCUT2D eigenvalue weighted by molar-refractivity contribution is 8.14. The first-order valence-corrected chi connectivity index (χ1v) is 7.48. The molecule has 0 atom stereocenters. The number of alkyl halides is 3. The number of halogens is 3. The molecule has 0 saturated carbocycles. The lowest BCUT2D eigenvalue weighted by atomic mass is 10.1. The van der Waals surface area contributed by atoms with Crippen LogP contribution < -0.4 is 0 Å². The minimum absolute atomic E-state index is 0.0101. The summed E-state index contributed by atoms with van der Waals surface area (Å²) in [4.78, 5) is 11.0. The highest BCUT2D eigenvalue weighted by Crippen LogP contribution is 2.29. The third kappa shape index (κ3) is 5.15. The number of ether oxygens (including phenoxy) is 2. The second-order valence-corrected chi connectivity index (χ2v) is 6.22. The molecular weight excluding hydrogens is 317 g/mol. The average Bonchev–Trinajstić information content (AvgIpc) is 2.45. The third-order valence-corrected chi connectivity index (χ3v) is 3.85. The molecule has 1 heterocycles. The number of rotatable bonds is 3. The number of hydrogen-bond donors (Lipinski definition) is 0. The van der Waals surface area contributed by atoms with Crippen LogP contribution in [0.3, 0.4) is 0 Å². The first-order chi connectivity index (χ1) is 10.3. The fraction of sp³-hybridized carbons (Fsp3) is 0.400. The van der Waals surface area contributed by atoms with E-state index in [0.717, 1.165) is 12.1 Å². The Kier molecular flexibility index (Phi) is 5.66. The highest BCUT2D eigenvalue weighted by Gasteiger charge is 2.29. The summed E-state index contributed by atoms with van der Waals surface area (Å²) < 4.78 is 48.2. The van der Waals surface area contributed by atoms with Crippen LogP contribution in [0.1, 0.15) is 18.1 Å². The largest absolute Gasteiger partial charge is 0.416 e. The van der Waals surface area contributed by atoms with E-state index >= 15 is 0 Å². The van der Waals surface area contributed by atoms with E-state index in [2.05, 4.69) is 0 Å². The van der Waals surface area contributed by atoms with Gasteiger partial charge in [-0.2, -0.15) is 13.2 Å². The molecule has 1 aromatic carbocycles. The monoisotopic (exact) mass is 332 g/mol. The summed E-state index contributed by atoms with van der Waals surface area (Å²) in [5.41, 5.74) is -0.0562. The van der Waals surface area contributed by atoms with Crippen LogP contribution in [0.25, 0.3) is 6.08 Å². The maximum absolute atomic E-state index is 12.4. The summed E-state index contributed by atoms with van der Waals surface area (Å²) in [5.74, 6) is 0. The second kappa shape index (κ2) is 7.30. The molecule has 0 aliphatic carbocycles. The molecule has 2 rings (SSSR count). The maximum atomic E-state index is 12.4. The molecule has 120 valence electrons. The predicted octanol–water partition coefficient (Wildman–Crippen LogP) is 3.74. The van der Waals surface area contributed by atoms with Crippen molar-refractivity contribution in [2.24, 2.45) is 0 Å². The van der Waals surface area contributed by atoms with E-state index in [9.17, 15) is 18.0 Å². The van der Waals surface area contributed by atoms with Crippen molar-refractivity contribution in [2.45, 2.75) is 24.6 Å². The van der Waals surface area contributed by atoms with Gasteiger partial charge < -0.3 is 9.47 Å². The predicted molar refractivity (Wildman–Crippen MR) is 78.2 cm³/mol. The standard InChI is InChI=1S/C15H15F3O3S/c1-10(19)22-13-8-20-14(21-9-13)7-4-11-2-5-12(6-3-11)15(16,17)18/h2-7,13-14H,8-9H2,1H3/b7-4+/t13-,14-. The molecule has 0 bridgehead atoms. The average molecular weight is 332 g/mol. The number of hydrogen-bond acceptors (Lipinski definition) is 4. The van der Waals surface area contributed by atoms with Crippen LogP contribution in [0.5, 0.6) is 0 Å². The van der Waals surface area contributed by atoms with Gasteiger partial charge in [-0.25, -0.2) is 0 Å². The topological polar surface area (TPSA) is 35.5 Å². The number of benzene rings is 1. The minimum Gasteiger partial charge on any atom is -0.348 e. The van der Waals surface area contributed by atoms with Gasteiger partial charge in [-0.3, -0.25) is 4.79 Å². The molecule has 1 saturated heterocycles. The fourth-order valence-corrected chi connectivity index (χ4v) is 2.65. The van der Waals surface area contributed by atoms with Gasteiger partial charge >= 0.3 is 6.18 Å². The molecule has 0 amide bonds. The van der Waals surface area contributed by atoms with E-state index in [4.69, 9.17) is 9.47 Å². The van der Waals surface area contributed by atoms with Crippen LogP contribution in [0.15, 0.2) is 30.3 Å². The molecular formula is C15H15F3O3S. The van der Waals surface area contributed by atoms with Crippen molar-refractivity contribution in [1.29, 1.82) is 0 Å². The van der Waals surface area contributed by atoms with Gasteiger partial charge in [0, 0.05) is 6.92 Å². The maximum Gasteiger partial charge on any atom is 0.416 e. The molecule has 0 unspecified atom stereocenters. The Bertz CT molecular complexity index is 532. The summed E-state index contributed by atoms with van der Waals surface area (Å²) in [5, 5.41) is -0.0100. The van der Waals surface area contributed by atoms with Crippen molar-refractivity contribution in [3.8, 4) is 0 Å². The molecule has 7 heteroatoms. The van der Waals surface area contributed by atoms with Crippen molar-refractivity contribution in [3.05, 3.63) is 41.5 Å². The number of carbonyl (C=O) groups excluding carboxylic acids is 1. The summed E-state index contributed by atoms with van der Waals surface area (Å²) in [7, 11) is 0. The zero-order chi connectivity index (χ0) is 16.2. The summed E-state index contributed by atoms with van der Waals surface area (Å²) in [6.07, 6.45) is -1.60. The smallest absolute Gasteiger partial charge is 0.348 e. The molecule has 22 heavy (non-hydrogen) atoms. The Balaban J connectivity index is 1.87. The Morgan fingerprint density at radius 3 is 2.32 bits per heavy atom. The van der Waals surface area contributed by atoms with Crippen molar-refractivity contribution in [2.75, 3.05) is 13.2 Å². The van der Waals surface area contributed by atoms with E-state index in [1.54, 1.807) is 12.2 Å². The molecule has 0 radical (unpaired) electrons. The second-order valence-electron chi connectivity index (χ2n) is 4.75. The Morgan fingerprint density at radius 1 is 1.23 bits per heavy atom. The van der Waals surface area contributed by atoms with Gasteiger partial charge in [-0.1, -0.05) is 30.0 Å². The normalized spacial score (nSPS) is 22.9. The van der Waals surface area contributed by atoms with E-state index in [-0.39, 0.29) is 10.4 Å². The van der Waals surface area contributed by atoms with E-state index in [1.165, 1.54) is 30.8 Å². The van der Waals surface area contributed by atoms with Crippen LogP contribution in [-0.4, -0.2) is 29.9 Å². The summed E-state index contributed by atoms with van der Waals surface area (Å²) >= 11 is 1.18. The molecule has 1 fully saturated rings. The summed E-state index contributed by atoms with van der Waals surface area (Å²) in [6, 6.07) is 4.83.